The fraction of sp³-hybridized carbons (Fsp3) is 0.400. The number of aryl methyl sites for hydroxylation is 2. The number of nitrogens with zero attached hydrogens (tertiary/aromatic N) is 3. The van der Waals surface area contributed by atoms with E-state index >= 15 is 0 Å². The molecule has 27 heavy (non-hydrogen) atoms. The van der Waals surface area contributed by atoms with E-state index in [2.05, 4.69) is 4.90 Å². The fourth-order valence-corrected chi connectivity index (χ4v) is 5.20. The summed E-state index contributed by atoms with van der Waals surface area (Å²) in [5.74, 6) is 2.17. The molecule has 5 nitrogen and oxygen atoms in total. The van der Waals surface area contributed by atoms with Crippen molar-refractivity contribution in [1.29, 1.82) is 0 Å². The molecule has 0 radical (unpaired) electrons. The summed E-state index contributed by atoms with van der Waals surface area (Å²) >= 11 is 7.92. The molecule has 2 aromatic heterocycles. The summed E-state index contributed by atoms with van der Waals surface area (Å²) in [4.78, 5) is 14.5. The quantitative estimate of drug-likeness (QED) is 0.646. The number of fused-ring (bicyclic) bond motifs is 3. The Morgan fingerprint density at radius 2 is 2.07 bits per heavy atom. The van der Waals surface area contributed by atoms with Gasteiger partial charge in [-0.05, 0) is 43.0 Å². The average Bonchev–Trinajstić information content (AvgIpc) is 3.23. The molecule has 3 heterocycles. The van der Waals surface area contributed by atoms with Crippen LogP contribution < -0.4 is 4.74 Å². The van der Waals surface area contributed by atoms with Crippen LogP contribution in [0.15, 0.2) is 24.3 Å². The van der Waals surface area contributed by atoms with Gasteiger partial charge in [-0.15, -0.1) is 11.3 Å². The van der Waals surface area contributed by atoms with Gasteiger partial charge in [-0.1, -0.05) is 17.7 Å². The molecule has 140 valence electrons. The Labute approximate surface area is 166 Å². The molecule has 0 N–H and O–H groups in total. The van der Waals surface area contributed by atoms with E-state index in [-0.39, 0.29) is 0 Å². The van der Waals surface area contributed by atoms with E-state index in [1.54, 1.807) is 11.3 Å². The molecular weight excluding hydrogens is 382 g/mol. The third-order valence-electron chi connectivity index (χ3n) is 5.06. The first-order valence-corrected chi connectivity index (χ1v) is 10.5. The van der Waals surface area contributed by atoms with Crippen LogP contribution >= 0.6 is 22.9 Å². The zero-order valence-electron chi connectivity index (χ0n) is 14.9. The lowest BCUT2D eigenvalue weighted by molar-refractivity contribution is 0.0330. The Balaban J connectivity index is 1.55. The van der Waals surface area contributed by atoms with Crippen molar-refractivity contribution in [2.24, 2.45) is 0 Å². The summed E-state index contributed by atoms with van der Waals surface area (Å²) in [5, 5.41) is 1.74. The van der Waals surface area contributed by atoms with Crippen molar-refractivity contribution < 1.29 is 9.47 Å². The lowest BCUT2D eigenvalue weighted by atomic mass is 10.2. The minimum absolute atomic E-state index is 0.655. The van der Waals surface area contributed by atoms with Crippen molar-refractivity contribution in [2.75, 3.05) is 26.3 Å². The molecule has 0 spiro atoms. The zero-order chi connectivity index (χ0) is 18.2. The molecule has 1 aromatic carbocycles. The lowest BCUT2D eigenvalue weighted by Gasteiger charge is -2.25. The minimum Gasteiger partial charge on any atom is -0.438 e. The molecule has 0 atom stereocenters. The Morgan fingerprint density at radius 1 is 1.19 bits per heavy atom. The topological polar surface area (TPSA) is 47.5 Å². The molecule has 1 saturated heterocycles. The third-order valence-corrected chi connectivity index (χ3v) is 6.48. The van der Waals surface area contributed by atoms with Crippen molar-refractivity contribution in [3.8, 4) is 11.6 Å². The van der Waals surface area contributed by atoms with Gasteiger partial charge in [0.25, 0.3) is 0 Å². The van der Waals surface area contributed by atoms with E-state index in [9.17, 15) is 0 Å². The molecule has 1 aliphatic carbocycles. The maximum Gasteiger partial charge on any atom is 0.231 e. The Kier molecular flexibility index (Phi) is 4.73. The van der Waals surface area contributed by atoms with Crippen molar-refractivity contribution >= 4 is 33.2 Å². The zero-order valence-corrected chi connectivity index (χ0v) is 16.5. The Morgan fingerprint density at radius 3 is 2.93 bits per heavy atom. The van der Waals surface area contributed by atoms with Crippen LogP contribution in [0.25, 0.3) is 10.2 Å². The van der Waals surface area contributed by atoms with Crippen molar-refractivity contribution in [3.63, 3.8) is 0 Å². The summed E-state index contributed by atoms with van der Waals surface area (Å²) in [6.07, 6.45) is 3.41. The van der Waals surface area contributed by atoms with Crippen LogP contribution in [0.1, 0.15) is 22.7 Å². The van der Waals surface area contributed by atoms with E-state index in [1.807, 2.05) is 24.3 Å². The predicted octanol–water partition coefficient (Wildman–Crippen LogP) is 4.46. The monoisotopic (exact) mass is 401 g/mol. The summed E-state index contributed by atoms with van der Waals surface area (Å²) in [5.41, 5.74) is 1.37. The molecule has 7 heteroatoms. The Bertz CT molecular complexity index is 985. The van der Waals surface area contributed by atoms with Gasteiger partial charge in [0.05, 0.1) is 25.1 Å². The molecule has 0 amide bonds. The molecule has 1 fully saturated rings. The SMILES string of the molecule is Clc1cccc(Oc2nc(CN3CCOCC3)nc3sc4c(c23)CCC4)c1. The summed E-state index contributed by atoms with van der Waals surface area (Å²) in [6, 6.07) is 7.47. The van der Waals surface area contributed by atoms with E-state index in [1.165, 1.54) is 16.9 Å². The highest BCUT2D eigenvalue weighted by molar-refractivity contribution is 7.19. The molecule has 5 rings (SSSR count). The van der Waals surface area contributed by atoms with Gasteiger partial charge in [0, 0.05) is 23.0 Å². The van der Waals surface area contributed by atoms with Gasteiger partial charge in [0.1, 0.15) is 16.4 Å². The van der Waals surface area contributed by atoms with Crippen LogP contribution in [0.4, 0.5) is 0 Å². The van der Waals surface area contributed by atoms with Gasteiger partial charge in [-0.25, -0.2) is 4.98 Å². The van der Waals surface area contributed by atoms with Crippen LogP contribution in [0.2, 0.25) is 5.02 Å². The van der Waals surface area contributed by atoms with Gasteiger partial charge >= 0.3 is 0 Å². The molecule has 0 unspecified atom stereocenters. The van der Waals surface area contributed by atoms with Gasteiger partial charge in [0.2, 0.25) is 5.88 Å². The smallest absolute Gasteiger partial charge is 0.231 e. The van der Waals surface area contributed by atoms with Gasteiger partial charge in [0.15, 0.2) is 0 Å². The maximum atomic E-state index is 6.21. The number of rotatable bonds is 4. The van der Waals surface area contributed by atoms with Crippen LogP contribution in [0, 0.1) is 0 Å². The van der Waals surface area contributed by atoms with Gasteiger partial charge in [-0.3, -0.25) is 4.90 Å². The first kappa shape index (κ1) is 17.4. The average molecular weight is 402 g/mol. The highest BCUT2D eigenvalue weighted by atomic mass is 35.5. The lowest BCUT2D eigenvalue weighted by Crippen LogP contribution is -2.36. The first-order chi connectivity index (χ1) is 13.3. The molecule has 1 aliphatic heterocycles. The highest BCUT2D eigenvalue weighted by Gasteiger charge is 2.24. The number of benzene rings is 1. The van der Waals surface area contributed by atoms with E-state index < -0.39 is 0 Å². The number of aromatic nitrogens is 2. The number of ether oxygens (including phenoxy) is 2. The maximum absolute atomic E-state index is 6.21. The van der Waals surface area contributed by atoms with Crippen molar-refractivity contribution in [1.82, 2.24) is 14.9 Å². The normalized spacial score (nSPS) is 17.4. The van der Waals surface area contributed by atoms with Gasteiger partial charge < -0.3 is 9.47 Å². The van der Waals surface area contributed by atoms with E-state index in [0.717, 1.165) is 55.2 Å². The second-order valence-electron chi connectivity index (χ2n) is 6.93. The minimum atomic E-state index is 0.655. The first-order valence-electron chi connectivity index (χ1n) is 9.31. The second-order valence-corrected chi connectivity index (χ2v) is 8.45. The number of morpholine rings is 1. The number of thiophene rings is 1. The molecule has 2 aliphatic rings. The van der Waals surface area contributed by atoms with Crippen molar-refractivity contribution in [2.45, 2.75) is 25.8 Å². The largest absolute Gasteiger partial charge is 0.438 e. The van der Waals surface area contributed by atoms with E-state index in [0.29, 0.717) is 23.2 Å². The van der Waals surface area contributed by atoms with Crippen molar-refractivity contribution in [3.05, 3.63) is 45.6 Å². The Hall–Kier alpha value is -1.73. The van der Waals surface area contributed by atoms with Crippen LogP contribution in [0.5, 0.6) is 11.6 Å². The number of hydrogen-bond donors (Lipinski definition) is 0. The summed E-state index contributed by atoms with van der Waals surface area (Å²) in [7, 11) is 0. The molecule has 0 bridgehead atoms. The second kappa shape index (κ2) is 7.36. The molecular formula is C20H20ClN3O2S. The molecule has 3 aromatic rings. The van der Waals surface area contributed by atoms with Crippen LogP contribution in [-0.4, -0.2) is 41.2 Å². The van der Waals surface area contributed by atoms with Crippen LogP contribution in [-0.2, 0) is 24.1 Å². The molecule has 0 saturated carbocycles. The number of halogens is 1. The van der Waals surface area contributed by atoms with Gasteiger partial charge in [-0.2, -0.15) is 4.98 Å². The summed E-state index contributed by atoms with van der Waals surface area (Å²) < 4.78 is 11.7. The standard InChI is InChI=1S/C20H20ClN3O2S/c21-13-3-1-4-14(11-13)26-19-18-15-5-2-6-16(15)27-20(18)23-17(22-19)12-24-7-9-25-10-8-24/h1,3-4,11H,2,5-10,12H2. The third kappa shape index (κ3) is 3.55. The highest BCUT2D eigenvalue weighted by Crippen LogP contribution is 2.41. The number of hydrogen-bond acceptors (Lipinski definition) is 6. The van der Waals surface area contributed by atoms with E-state index in [4.69, 9.17) is 31.0 Å². The summed E-state index contributed by atoms with van der Waals surface area (Å²) in [6.45, 7) is 4.07. The predicted molar refractivity (Wildman–Crippen MR) is 107 cm³/mol. The fourth-order valence-electron chi connectivity index (χ4n) is 3.75. The van der Waals surface area contributed by atoms with Crippen LogP contribution in [0.3, 0.4) is 0 Å².